The molecule has 170 valence electrons. The minimum Gasteiger partial charge on any atom is -0.488 e. The molecule has 0 saturated carbocycles. The lowest BCUT2D eigenvalue weighted by Gasteiger charge is -2.16. The van der Waals surface area contributed by atoms with Crippen molar-refractivity contribution in [3.8, 4) is 5.75 Å². The fourth-order valence-corrected chi connectivity index (χ4v) is 4.38. The van der Waals surface area contributed by atoms with Crippen LogP contribution in [-0.4, -0.2) is 18.8 Å². The number of nitrogens with zero attached hydrogens (tertiary/aromatic N) is 1. The van der Waals surface area contributed by atoms with Gasteiger partial charge in [0.1, 0.15) is 12.4 Å². The van der Waals surface area contributed by atoms with Crippen LogP contribution >= 0.6 is 23.2 Å². The lowest BCUT2D eigenvalue weighted by atomic mass is 9.94. The van der Waals surface area contributed by atoms with Crippen molar-refractivity contribution >= 4 is 41.0 Å². The minimum atomic E-state index is -0.343. The van der Waals surface area contributed by atoms with E-state index in [-0.39, 0.29) is 5.97 Å². The van der Waals surface area contributed by atoms with Gasteiger partial charge >= 0.3 is 5.97 Å². The predicted octanol–water partition coefficient (Wildman–Crippen LogP) is 7.36. The summed E-state index contributed by atoms with van der Waals surface area (Å²) in [7, 11) is 0. The summed E-state index contributed by atoms with van der Waals surface area (Å²) in [6.07, 6.45) is 8.85. The number of carbonyl (C=O) groups excluding carboxylic acids is 1. The third-order valence-electron chi connectivity index (χ3n) is 5.68. The van der Waals surface area contributed by atoms with Crippen molar-refractivity contribution in [2.45, 2.75) is 39.2 Å². The largest absolute Gasteiger partial charge is 0.488 e. The second-order valence-electron chi connectivity index (χ2n) is 7.88. The predicted molar refractivity (Wildman–Crippen MR) is 134 cm³/mol. The maximum Gasteiger partial charge on any atom is 0.339 e. The Morgan fingerprint density at radius 3 is 2.58 bits per heavy atom. The van der Waals surface area contributed by atoms with Crippen LogP contribution < -0.4 is 4.74 Å². The molecule has 0 unspecified atom stereocenters. The van der Waals surface area contributed by atoms with Crippen LogP contribution in [-0.2, 0) is 16.1 Å². The first-order valence-electron chi connectivity index (χ1n) is 11.0. The molecule has 0 spiro atoms. The summed E-state index contributed by atoms with van der Waals surface area (Å²) in [6, 6.07) is 13.4. The van der Waals surface area contributed by atoms with Gasteiger partial charge in [0.25, 0.3) is 0 Å². The molecular formula is C27H25Cl2NO3. The number of benzene rings is 2. The Bertz CT molecular complexity index is 1160. The molecule has 4 rings (SSSR count). The van der Waals surface area contributed by atoms with E-state index in [1.165, 1.54) is 11.1 Å². The first-order valence-corrected chi connectivity index (χ1v) is 11.8. The van der Waals surface area contributed by atoms with Gasteiger partial charge in [-0.3, -0.25) is 4.99 Å². The highest BCUT2D eigenvalue weighted by Gasteiger charge is 2.23. The first kappa shape index (κ1) is 23.3. The van der Waals surface area contributed by atoms with Gasteiger partial charge in [0.2, 0.25) is 0 Å². The van der Waals surface area contributed by atoms with Gasteiger partial charge in [0.15, 0.2) is 0 Å². The molecule has 6 heteroatoms. The van der Waals surface area contributed by atoms with E-state index in [1.54, 1.807) is 13.1 Å². The molecule has 1 aliphatic heterocycles. The third-order valence-corrected chi connectivity index (χ3v) is 6.16. The fraction of sp³-hybridized carbons (Fsp3) is 0.259. The van der Waals surface area contributed by atoms with E-state index in [9.17, 15) is 4.79 Å². The molecule has 0 fully saturated rings. The van der Waals surface area contributed by atoms with Crippen molar-refractivity contribution < 1.29 is 14.3 Å². The molecule has 0 aromatic heterocycles. The van der Waals surface area contributed by atoms with Gasteiger partial charge in [-0.05, 0) is 85.2 Å². The minimum absolute atomic E-state index is 0.340. The Kier molecular flexibility index (Phi) is 7.69. The van der Waals surface area contributed by atoms with Gasteiger partial charge in [0, 0.05) is 28.0 Å². The maximum absolute atomic E-state index is 12.1. The van der Waals surface area contributed by atoms with Gasteiger partial charge in [-0.2, -0.15) is 0 Å². The highest BCUT2D eigenvalue weighted by molar-refractivity contribution is 6.31. The Labute approximate surface area is 204 Å². The van der Waals surface area contributed by atoms with Gasteiger partial charge < -0.3 is 9.47 Å². The van der Waals surface area contributed by atoms with Crippen molar-refractivity contribution in [3.63, 3.8) is 0 Å². The molecule has 1 aliphatic carbocycles. The molecule has 1 heterocycles. The molecule has 0 radical (unpaired) electrons. The van der Waals surface area contributed by atoms with E-state index >= 15 is 0 Å². The molecule has 0 saturated heterocycles. The number of rotatable bonds is 7. The van der Waals surface area contributed by atoms with E-state index in [1.807, 2.05) is 54.7 Å². The molecule has 2 aromatic rings. The SMILES string of the molecule is CCOC(=O)C1=CCC(C2=C(c3cc(Cl)ccc3OCc3ccc(Cl)cc3)CCC2)=CN=C1. The second-order valence-corrected chi connectivity index (χ2v) is 8.76. The van der Waals surface area contributed by atoms with E-state index in [0.717, 1.165) is 41.7 Å². The smallest absolute Gasteiger partial charge is 0.339 e. The number of halogens is 2. The molecule has 0 bridgehead atoms. The molecule has 33 heavy (non-hydrogen) atoms. The average molecular weight is 482 g/mol. The number of hydrogen-bond donors (Lipinski definition) is 0. The van der Waals surface area contributed by atoms with E-state index in [4.69, 9.17) is 32.7 Å². The number of allylic oxidation sites excluding steroid dienone is 4. The van der Waals surface area contributed by atoms with Gasteiger partial charge in [-0.25, -0.2) is 4.79 Å². The topological polar surface area (TPSA) is 47.9 Å². The highest BCUT2D eigenvalue weighted by Crippen LogP contribution is 2.43. The van der Waals surface area contributed by atoms with Crippen molar-refractivity contribution in [3.05, 3.63) is 92.6 Å². The molecule has 0 atom stereocenters. The van der Waals surface area contributed by atoms with Gasteiger partial charge in [-0.15, -0.1) is 0 Å². The van der Waals surface area contributed by atoms with Crippen molar-refractivity contribution in [2.75, 3.05) is 6.61 Å². The number of esters is 1. The number of carbonyl (C=O) groups is 1. The van der Waals surface area contributed by atoms with Crippen molar-refractivity contribution in [2.24, 2.45) is 4.99 Å². The van der Waals surface area contributed by atoms with Crippen LogP contribution in [0.2, 0.25) is 10.0 Å². The summed E-state index contributed by atoms with van der Waals surface area (Å²) in [5.74, 6) is 0.452. The molecule has 2 aromatic carbocycles. The quantitative estimate of drug-likeness (QED) is 0.388. The Morgan fingerprint density at radius 1 is 1.03 bits per heavy atom. The molecule has 0 amide bonds. The zero-order valence-electron chi connectivity index (χ0n) is 18.4. The summed E-state index contributed by atoms with van der Waals surface area (Å²) < 4.78 is 11.3. The summed E-state index contributed by atoms with van der Waals surface area (Å²) in [5.41, 5.74) is 6.09. The second kappa shape index (κ2) is 10.9. The van der Waals surface area contributed by atoms with Crippen LogP contribution in [0.15, 0.2) is 76.5 Å². The molecular weight excluding hydrogens is 457 g/mol. The summed E-state index contributed by atoms with van der Waals surface area (Å²) in [5, 5.41) is 1.37. The summed E-state index contributed by atoms with van der Waals surface area (Å²) in [6.45, 7) is 2.57. The maximum atomic E-state index is 12.1. The van der Waals surface area contributed by atoms with E-state index in [2.05, 4.69) is 4.99 Å². The summed E-state index contributed by atoms with van der Waals surface area (Å²) >= 11 is 12.4. The van der Waals surface area contributed by atoms with Crippen LogP contribution in [0.4, 0.5) is 0 Å². The van der Waals surface area contributed by atoms with Crippen molar-refractivity contribution in [1.29, 1.82) is 0 Å². The van der Waals surface area contributed by atoms with Crippen LogP contribution in [0.3, 0.4) is 0 Å². The van der Waals surface area contributed by atoms with E-state index < -0.39 is 0 Å². The van der Waals surface area contributed by atoms with Crippen LogP contribution in [0.5, 0.6) is 5.75 Å². The molecule has 4 nitrogen and oxygen atoms in total. The Balaban J connectivity index is 1.61. The standard InChI is InChI=1S/C27H25Cl2NO3/c1-2-32-27(31)20-9-8-19(15-30-16-20)23-4-3-5-24(23)25-14-22(29)12-13-26(25)33-17-18-6-10-21(28)11-7-18/h6-7,9-16H,2-5,8,17H2,1H3. The molecule has 0 N–H and O–H groups in total. The molecule has 2 aliphatic rings. The fourth-order valence-electron chi connectivity index (χ4n) is 4.09. The zero-order valence-corrected chi connectivity index (χ0v) is 20.0. The average Bonchev–Trinajstić information content (AvgIpc) is 3.16. The lowest BCUT2D eigenvalue weighted by molar-refractivity contribution is -0.137. The zero-order chi connectivity index (χ0) is 23.2. The summed E-state index contributed by atoms with van der Waals surface area (Å²) in [4.78, 5) is 16.5. The van der Waals surface area contributed by atoms with Crippen LogP contribution in [0.25, 0.3) is 5.57 Å². The normalized spacial score (nSPS) is 15.7. The Hall–Kier alpha value is -2.82. The van der Waals surface area contributed by atoms with Crippen LogP contribution in [0.1, 0.15) is 43.7 Å². The number of aliphatic imine (C=N–C) groups is 1. The van der Waals surface area contributed by atoms with E-state index in [0.29, 0.717) is 35.3 Å². The number of hydrogen-bond acceptors (Lipinski definition) is 4. The van der Waals surface area contributed by atoms with Crippen LogP contribution in [0, 0.1) is 0 Å². The van der Waals surface area contributed by atoms with Gasteiger partial charge in [-0.1, -0.05) is 41.4 Å². The number of ether oxygens (including phenoxy) is 2. The lowest BCUT2D eigenvalue weighted by Crippen LogP contribution is -2.08. The first-order chi connectivity index (χ1) is 16.0. The van der Waals surface area contributed by atoms with Gasteiger partial charge in [0.05, 0.1) is 12.2 Å². The van der Waals surface area contributed by atoms with Crippen molar-refractivity contribution in [1.82, 2.24) is 0 Å². The monoisotopic (exact) mass is 481 g/mol. The Morgan fingerprint density at radius 2 is 1.79 bits per heavy atom. The highest BCUT2D eigenvalue weighted by atomic mass is 35.5. The third kappa shape index (κ3) is 5.76.